The molecule has 1 nitrogen and oxygen atoms in total. The molecule has 3 aromatic carbocycles. The highest BCUT2D eigenvalue weighted by atomic mass is 19.2. The molecule has 0 radical (unpaired) electrons. The molecule has 5 heteroatoms. The van der Waals surface area contributed by atoms with E-state index < -0.39 is 23.3 Å². The Morgan fingerprint density at radius 3 is 2.06 bits per heavy atom. The Kier molecular flexibility index (Phi) is 8.84. The Balaban J connectivity index is 1.35. The van der Waals surface area contributed by atoms with Crippen LogP contribution in [0.15, 0.2) is 48.5 Å². The van der Waals surface area contributed by atoms with E-state index in [4.69, 9.17) is 4.74 Å². The zero-order valence-electron chi connectivity index (χ0n) is 21.1. The van der Waals surface area contributed by atoms with Crippen molar-refractivity contribution in [1.29, 1.82) is 0 Å². The predicted octanol–water partition coefficient (Wildman–Crippen LogP) is 9.06. The molecule has 0 atom stereocenters. The van der Waals surface area contributed by atoms with Crippen molar-refractivity contribution in [2.75, 3.05) is 0 Å². The van der Waals surface area contributed by atoms with Crippen molar-refractivity contribution in [3.63, 3.8) is 0 Å². The number of hydrogen-bond acceptors (Lipinski definition) is 1. The van der Waals surface area contributed by atoms with E-state index in [-0.39, 0.29) is 29.8 Å². The third kappa shape index (κ3) is 5.83. The minimum Gasteiger partial charge on any atom is -0.373 e. The number of benzene rings is 3. The van der Waals surface area contributed by atoms with Gasteiger partial charge in [0.15, 0.2) is 23.3 Å². The molecule has 0 N–H and O–H groups in total. The summed E-state index contributed by atoms with van der Waals surface area (Å²) in [7, 11) is 0. The van der Waals surface area contributed by atoms with Crippen molar-refractivity contribution >= 4 is 0 Å². The molecule has 0 spiro atoms. The van der Waals surface area contributed by atoms with Crippen molar-refractivity contribution in [2.24, 2.45) is 0 Å². The second-order valence-corrected chi connectivity index (χ2v) is 9.78. The lowest BCUT2D eigenvalue weighted by atomic mass is 9.82. The van der Waals surface area contributed by atoms with Crippen LogP contribution in [0.4, 0.5) is 17.6 Å². The molecule has 1 saturated carbocycles. The van der Waals surface area contributed by atoms with Crippen LogP contribution in [0.5, 0.6) is 0 Å². The quantitative estimate of drug-likeness (QED) is 0.267. The number of aryl methyl sites for hydroxylation is 2. The van der Waals surface area contributed by atoms with Gasteiger partial charge >= 0.3 is 0 Å². The van der Waals surface area contributed by atoms with Crippen LogP contribution >= 0.6 is 0 Å². The smallest absolute Gasteiger partial charge is 0.166 e. The summed E-state index contributed by atoms with van der Waals surface area (Å²) in [4.78, 5) is 0. The van der Waals surface area contributed by atoms with Gasteiger partial charge in [-0.15, -0.1) is 0 Å². The van der Waals surface area contributed by atoms with Crippen LogP contribution in [0.3, 0.4) is 0 Å². The lowest BCUT2D eigenvalue weighted by molar-refractivity contribution is 0.0116. The Morgan fingerprint density at radius 2 is 1.39 bits per heavy atom. The van der Waals surface area contributed by atoms with Crippen molar-refractivity contribution in [1.82, 2.24) is 0 Å². The first-order valence-electron chi connectivity index (χ1n) is 13.1. The van der Waals surface area contributed by atoms with Crippen molar-refractivity contribution in [3.05, 3.63) is 94.1 Å². The van der Waals surface area contributed by atoms with Gasteiger partial charge in [0, 0.05) is 11.1 Å². The number of hydrogen-bond donors (Lipinski definition) is 0. The summed E-state index contributed by atoms with van der Waals surface area (Å²) in [6, 6.07) is 14.1. The largest absolute Gasteiger partial charge is 0.373 e. The maximum Gasteiger partial charge on any atom is 0.166 e. The second-order valence-electron chi connectivity index (χ2n) is 9.78. The molecule has 0 heterocycles. The molecule has 0 saturated heterocycles. The van der Waals surface area contributed by atoms with Gasteiger partial charge in [-0.25, -0.2) is 17.6 Å². The summed E-state index contributed by atoms with van der Waals surface area (Å²) in [6.45, 7) is 4.06. The van der Waals surface area contributed by atoms with E-state index in [0.717, 1.165) is 24.8 Å². The highest BCUT2D eigenvalue weighted by Gasteiger charge is 2.27. The van der Waals surface area contributed by atoms with Gasteiger partial charge in [-0.1, -0.05) is 68.8 Å². The average molecular weight is 499 g/mol. The van der Waals surface area contributed by atoms with Gasteiger partial charge in [-0.3, -0.25) is 0 Å². The number of halogens is 4. The van der Waals surface area contributed by atoms with Gasteiger partial charge in [0.2, 0.25) is 0 Å². The molecule has 0 aliphatic heterocycles. The normalized spacial score (nSPS) is 17.9. The van der Waals surface area contributed by atoms with Crippen LogP contribution in [0, 0.1) is 23.3 Å². The Bertz CT molecular complexity index is 1160. The molecule has 1 aliphatic rings. The van der Waals surface area contributed by atoms with Crippen molar-refractivity contribution in [3.8, 4) is 11.1 Å². The van der Waals surface area contributed by atoms with E-state index in [0.29, 0.717) is 48.8 Å². The highest BCUT2D eigenvalue weighted by Crippen LogP contribution is 2.38. The van der Waals surface area contributed by atoms with Gasteiger partial charge < -0.3 is 4.74 Å². The van der Waals surface area contributed by atoms with Gasteiger partial charge in [-0.2, -0.15) is 0 Å². The first kappa shape index (κ1) is 26.4. The minimum atomic E-state index is -0.834. The van der Waals surface area contributed by atoms with Crippen LogP contribution in [-0.2, 0) is 24.2 Å². The molecule has 0 amide bonds. The maximum atomic E-state index is 15.1. The number of rotatable bonds is 9. The molecule has 192 valence electrons. The molecule has 1 aliphatic carbocycles. The fraction of sp³-hybridized carbons (Fsp3) is 0.419. The van der Waals surface area contributed by atoms with Gasteiger partial charge in [0.25, 0.3) is 0 Å². The molecule has 3 aromatic rings. The number of unbranched alkanes of at least 4 members (excludes halogenated alkanes) is 1. The van der Waals surface area contributed by atoms with Crippen molar-refractivity contribution in [2.45, 2.75) is 83.8 Å². The Labute approximate surface area is 211 Å². The summed E-state index contributed by atoms with van der Waals surface area (Å²) >= 11 is 0. The fourth-order valence-corrected chi connectivity index (χ4v) is 5.07. The van der Waals surface area contributed by atoms with E-state index in [1.807, 2.05) is 38.1 Å². The lowest BCUT2D eigenvalue weighted by Crippen LogP contribution is -2.21. The van der Waals surface area contributed by atoms with E-state index in [1.54, 1.807) is 24.3 Å². The molecule has 0 aromatic heterocycles. The molecule has 1 fully saturated rings. The first-order valence-corrected chi connectivity index (χ1v) is 13.1. The first-order chi connectivity index (χ1) is 17.4. The van der Waals surface area contributed by atoms with E-state index >= 15 is 4.39 Å². The van der Waals surface area contributed by atoms with E-state index in [2.05, 4.69) is 0 Å². The van der Waals surface area contributed by atoms with Crippen LogP contribution in [0.1, 0.15) is 80.5 Å². The maximum absolute atomic E-state index is 15.1. The minimum absolute atomic E-state index is 0.000647. The summed E-state index contributed by atoms with van der Waals surface area (Å²) in [5.41, 5.74) is 3.09. The topological polar surface area (TPSA) is 9.23 Å². The second kappa shape index (κ2) is 12.1. The van der Waals surface area contributed by atoms with E-state index in [1.165, 1.54) is 0 Å². The molecule has 0 unspecified atom stereocenters. The lowest BCUT2D eigenvalue weighted by Gasteiger charge is -2.29. The standard InChI is InChI=1S/C31H34F4O/c1-3-5-6-23-11-12-24(29(33)28(23)32)19-36-25-15-13-22(14-16-25)27-18-17-26(30(34)31(27)35)21-9-7-20(4-2)8-10-21/h7-12,17-18,22,25H,3-6,13-16,19H2,1-2H3. The van der Waals surface area contributed by atoms with Crippen LogP contribution in [0.2, 0.25) is 0 Å². The van der Waals surface area contributed by atoms with Crippen LogP contribution in [0.25, 0.3) is 11.1 Å². The summed E-state index contributed by atoms with van der Waals surface area (Å²) < 4.78 is 64.7. The molecule has 36 heavy (non-hydrogen) atoms. The SMILES string of the molecule is CCCCc1ccc(COC2CCC(c3ccc(-c4ccc(CC)cc4)c(F)c3F)CC2)c(F)c1F. The monoisotopic (exact) mass is 498 g/mol. The van der Waals surface area contributed by atoms with Gasteiger partial charge in [0.1, 0.15) is 0 Å². The van der Waals surface area contributed by atoms with Gasteiger partial charge in [0.05, 0.1) is 12.7 Å². The summed E-state index contributed by atoms with van der Waals surface area (Å²) in [5, 5.41) is 0. The Hall–Kier alpha value is -2.66. The molecule has 4 rings (SSSR count). The summed E-state index contributed by atoms with van der Waals surface area (Å²) in [6.07, 6.45) is 5.64. The Morgan fingerprint density at radius 1 is 0.722 bits per heavy atom. The fourth-order valence-electron chi connectivity index (χ4n) is 5.07. The van der Waals surface area contributed by atoms with Crippen molar-refractivity contribution < 1.29 is 22.3 Å². The van der Waals surface area contributed by atoms with Crippen LogP contribution < -0.4 is 0 Å². The summed E-state index contributed by atoms with van der Waals surface area (Å²) in [5.74, 6) is -3.30. The highest BCUT2D eigenvalue weighted by molar-refractivity contribution is 5.65. The number of ether oxygens (including phenoxy) is 1. The predicted molar refractivity (Wildman–Crippen MR) is 136 cm³/mol. The molecule has 0 bridgehead atoms. The van der Waals surface area contributed by atoms with Gasteiger partial charge in [-0.05, 0) is 73.1 Å². The third-order valence-corrected chi connectivity index (χ3v) is 7.42. The average Bonchev–Trinajstić information content (AvgIpc) is 2.91. The molecular weight excluding hydrogens is 464 g/mol. The van der Waals surface area contributed by atoms with E-state index in [9.17, 15) is 13.2 Å². The van der Waals surface area contributed by atoms with Crippen LogP contribution in [-0.4, -0.2) is 6.10 Å². The third-order valence-electron chi connectivity index (χ3n) is 7.42. The molecular formula is C31H34F4O. The zero-order chi connectivity index (χ0) is 25.7. The zero-order valence-corrected chi connectivity index (χ0v) is 21.1.